The lowest BCUT2D eigenvalue weighted by Crippen LogP contribution is -2.55. The maximum atomic E-state index is 14.0. The van der Waals surface area contributed by atoms with Crippen molar-refractivity contribution in [3.05, 3.63) is 89.0 Å². The van der Waals surface area contributed by atoms with Gasteiger partial charge in [0.25, 0.3) is 11.8 Å². The maximum absolute atomic E-state index is 14.0. The maximum Gasteiger partial charge on any atom is 0.310 e. The van der Waals surface area contributed by atoms with Crippen molar-refractivity contribution in [1.82, 2.24) is 10.6 Å². The van der Waals surface area contributed by atoms with E-state index in [4.69, 9.17) is 9.47 Å². The molecule has 1 fully saturated rings. The van der Waals surface area contributed by atoms with Crippen LogP contribution in [0.15, 0.2) is 66.7 Å². The zero-order valence-electron chi connectivity index (χ0n) is 25.1. The molecule has 2 heterocycles. The van der Waals surface area contributed by atoms with Crippen LogP contribution in [0, 0.1) is 13.8 Å². The standard InChI is InChI=1S/C33H34N4O8/c1-19-13-23(14-20(2)30(19)41)31(42)35-25-16-36(21(3)38)26-11-7-8-12-27(26)37(32(25)43)17-28(39)34-24-15-29(40)45-33(24)44-18-22-9-5-4-6-10-22/h4-14,24-25,33,41H,15-18H2,1-3H3,(H,34,39)(H,35,42)/t24-,25-,33?/m0/s1. The molecule has 0 radical (unpaired) electrons. The molecule has 12 nitrogen and oxygen atoms in total. The van der Waals surface area contributed by atoms with Crippen LogP contribution in [0.2, 0.25) is 0 Å². The number of para-hydroxylation sites is 2. The number of aromatic hydroxyl groups is 1. The number of amides is 4. The number of benzene rings is 3. The van der Waals surface area contributed by atoms with Gasteiger partial charge in [-0.25, -0.2) is 0 Å². The van der Waals surface area contributed by atoms with E-state index in [0.717, 1.165) is 5.56 Å². The Hall–Kier alpha value is -5.23. The summed E-state index contributed by atoms with van der Waals surface area (Å²) in [6, 6.07) is 16.9. The summed E-state index contributed by atoms with van der Waals surface area (Å²) in [5.41, 5.74) is 2.76. The first-order valence-corrected chi connectivity index (χ1v) is 14.5. The van der Waals surface area contributed by atoms with E-state index in [1.165, 1.54) is 28.9 Å². The van der Waals surface area contributed by atoms with E-state index in [2.05, 4.69) is 10.6 Å². The third-order valence-corrected chi connectivity index (χ3v) is 7.70. The fourth-order valence-electron chi connectivity index (χ4n) is 5.44. The van der Waals surface area contributed by atoms with Crippen molar-refractivity contribution in [3.8, 4) is 5.75 Å². The molecule has 2 aliphatic rings. The lowest BCUT2D eigenvalue weighted by atomic mass is 10.0. The fraction of sp³-hybridized carbons (Fsp3) is 0.303. The van der Waals surface area contributed by atoms with Gasteiger partial charge < -0.3 is 30.1 Å². The Labute approximate surface area is 259 Å². The number of hydrogen-bond acceptors (Lipinski definition) is 8. The first kappa shape index (κ1) is 31.2. The van der Waals surface area contributed by atoms with Crippen molar-refractivity contribution in [2.24, 2.45) is 0 Å². The van der Waals surface area contributed by atoms with Gasteiger partial charge in [0.2, 0.25) is 18.1 Å². The number of rotatable bonds is 8. The molecule has 0 bridgehead atoms. The van der Waals surface area contributed by atoms with E-state index >= 15 is 0 Å². The molecule has 3 N–H and O–H groups in total. The number of carbonyl (C=O) groups is 5. The Morgan fingerprint density at radius 2 is 1.60 bits per heavy atom. The zero-order valence-corrected chi connectivity index (χ0v) is 25.1. The second-order valence-corrected chi connectivity index (χ2v) is 11.1. The molecule has 0 spiro atoms. The number of carbonyl (C=O) groups excluding carboxylic acids is 5. The third kappa shape index (κ3) is 6.96. The second kappa shape index (κ2) is 13.2. The van der Waals surface area contributed by atoms with Crippen molar-refractivity contribution >= 4 is 41.0 Å². The molecule has 45 heavy (non-hydrogen) atoms. The van der Waals surface area contributed by atoms with Gasteiger partial charge in [0.15, 0.2) is 0 Å². The number of anilines is 2. The summed E-state index contributed by atoms with van der Waals surface area (Å²) in [6.45, 7) is 4.18. The number of aryl methyl sites for hydroxylation is 2. The molecule has 3 aromatic carbocycles. The van der Waals surface area contributed by atoms with Crippen LogP contribution in [-0.2, 0) is 35.3 Å². The molecule has 3 atom stereocenters. The monoisotopic (exact) mass is 614 g/mol. The van der Waals surface area contributed by atoms with Gasteiger partial charge in [0.05, 0.1) is 30.9 Å². The van der Waals surface area contributed by atoms with E-state index in [1.54, 1.807) is 38.1 Å². The Balaban J connectivity index is 1.37. The van der Waals surface area contributed by atoms with Crippen molar-refractivity contribution < 1.29 is 38.6 Å². The van der Waals surface area contributed by atoms with Gasteiger partial charge in [-0.1, -0.05) is 42.5 Å². The SMILES string of the molecule is CC(=O)N1C[C@H](NC(=O)c2cc(C)c(O)c(C)c2)C(=O)N(CC(=O)N[C@H]2CC(=O)OC2OCc2ccccc2)c2ccccc21. The van der Waals surface area contributed by atoms with E-state index in [-0.39, 0.29) is 36.8 Å². The van der Waals surface area contributed by atoms with Gasteiger partial charge in [-0.3, -0.25) is 28.9 Å². The summed E-state index contributed by atoms with van der Waals surface area (Å²) in [4.78, 5) is 68.2. The van der Waals surface area contributed by atoms with Crippen LogP contribution in [0.5, 0.6) is 5.75 Å². The smallest absolute Gasteiger partial charge is 0.310 e. The number of nitrogens with zero attached hydrogens (tertiary/aromatic N) is 2. The number of nitrogens with one attached hydrogen (secondary N) is 2. The Morgan fingerprint density at radius 3 is 2.27 bits per heavy atom. The van der Waals surface area contributed by atoms with Crippen molar-refractivity contribution in [2.75, 3.05) is 22.9 Å². The van der Waals surface area contributed by atoms with Gasteiger partial charge in [-0.15, -0.1) is 0 Å². The molecular weight excluding hydrogens is 580 g/mol. The summed E-state index contributed by atoms with van der Waals surface area (Å²) >= 11 is 0. The molecule has 3 aromatic rings. The first-order chi connectivity index (χ1) is 21.5. The Kier molecular flexibility index (Phi) is 9.14. The molecule has 1 saturated heterocycles. The molecule has 1 unspecified atom stereocenters. The molecule has 2 aliphatic heterocycles. The number of cyclic esters (lactones) is 1. The van der Waals surface area contributed by atoms with Gasteiger partial charge in [0, 0.05) is 12.5 Å². The summed E-state index contributed by atoms with van der Waals surface area (Å²) in [5, 5.41) is 15.6. The number of phenolic OH excluding ortho intramolecular Hbond substituents is 1. The van der Waals surface area contributed by atoms with Crippen molar-refractivity contribution in [1.29, 1.82) is 0 Å². The predicted molar refractivity (Wildman–Crippen MR) is 163 cm³/mol. The average Bonchev–Trinajstić information content (AvgIpc) is 3.32. The van der Waals surface area contributed by atoms with Gasteiger partial charge >= 0.3 is 5.97 Å². The first-order valence-electron chi connectivity index (χ1n) is 14.5. The molecule has 0 aliphatic carbocycles. The van der Waals surface area contributed by atoms with Crippen molar-refractivity contribution in [3.63, 3.8) is 0 Å². The highest BCUT2D eigenvalue weighted by Crippen LogP contribution is 2.33. The van der Waals surface area contributed by atoms with Crippen LogP contribution in [-0.4, -0.2) is 66.2 Å². The largest absolute Gasteiger partial charge is 0.507 e. The van der Waals surface area contributed by atoms with E-state index in [9.17, 15) is 29.1 Å². The Morgan fingerprint density at radius 1 is 0.956 bits per heavy atom. The second-order valence-electron chi connectivity index (χ2n) is 11.1. The summed E-state index contributed by atoms with van der Waals surface area (Å²) in [7, 11) is 0. The fourth-order valence-corrected chi connectivity index (χ4v) is 5.44. The molecule has 12 heteroatoms. The van der Waals surface area contributed by atoms with Crippen molar-refractivity contribution in [2.45, 2.75) is 52.2 Å². The summed E-state index contributed by atoms with van der Waals surface area (Å²) < 4.78 is 11.1. The van der Waals surface area contributed by atoms with Crippen LogP contribution < -0.4 is 20.4 Å². The molecular formula is C33H34N4O8. The summed E-state index contributed by atoms with van der Waals surface area (Å²) in [6.07, 6.45) is -1.14. The minimum absolute atomic E-state index is 0.0644. The molecule has 0 saturated carbocycles. The number of phenols is 1. The number of hydrogen-bond donors (Lipinski definition) is 3. The highest BCUT2D eigenvalue weighted by atomic mass is 16.7. The molecule has 4 amide bonds. The van der Waals surface area contributed by atoms with Crippen LogP contribution in [0.25, 0.3) is 0 Å². The van der Waals surface area contributed by atoms with Gasteiger partial charge in [-0.2, -0.15) is 0 Å². The minimum Gasteiger partial charge on any atom is -0.507 e. The van der Waals surface area contributed by atoms with Crippen LogP contribution in [0.1, 0.15) is 40.4 Å². The third-order valence-electron chi connectivity index (χ3n) is 7.70. The van der Waals surface area contributed by atoms with Crippen LogP contribution in [0.4, 0.5) is 11.4 Å². The highest BCUT2D eigenvalue weighted by molar-refractivity contribution is 6.10. The van der Waals surface area contributed by atoms with E-state index in [0.29, 0.717) is 22.5 Å². The molecule has 5 rings (SSSR count). The number of fused-ring (bicyclic) bond motifs is 1. The highest BCUT2D eigenvalue weighted by Gasteiger charge is 2.40. The normalized spacial score (nSPS) is 19.4. The van der Waals surface area contributed by atoms with E-state index < -0.39 is 48.6 Å². The topological polar surface area (TPSA) is 155 Å². The quantitative estimate of drug-likeness (QED) is 0.327. The summed E-state index contributed by atoms with van der Waals surface area (Å²) in [5.74, 6) is -2.63. The molecule has 0 aromatic heterocycles. The van der Waals surface area contributed by atoms with E-state index in [1.807, 2.05) is 30.3 Å². The lowest BCUT2D eigenvalue weighted by molar-refractivity contribution is -0.168. The molecule has 234 valence electrons. The Bertz CT molecular complexity index is 1620. The van der Waals surface area contributed by atoms with Gasteiger partial charge in [0.1, 0.15) is 24.4 Å². The lowest BCUT2D eigenvalue weighted by Gasteiger charge is -2.26. The van der Waals surface area contributed by atoms with Gasteiger partial charge in [-0.05, 0) is 54.8 Å². The average molecular weight is 615 g/mol. The zero-order chi connectivity index (χ0) is 32.2. The van der Waals surface area contributed by atoms with Crippen LogP contribution in [0.3, 0.4) is 0 Å². The number of esters is 1. The predicted octanol–water partition coefficient (Wildman–Crippen LogP) is 2.48. The number of ether oxygens (including phenoxy) is 2. The van der Waals surface area contributed by atoms with Crippen LogP contribution >= 0.6 is 0 Å². The minimum atomic E-state index is -1.21.